The van der Waals surface area contributed by atoms with E-state index in [1.54, 1.807) is 0 Å². The van der Waals surface area contributed by atoms with Gasteiger partial charge in [-0.3, -0.25) is 0 Å². The summed E-state index contributed by atoms with van der Waals surface area (Å²) in [6.45, 7) is 11.1. The highest BCUT2D eigenvalue weighted by atomic mass is 15.2. The highest BCUT2D eigenvalue weighted by Crippen LogP contribution is 2.49. The zero-order chi connectivity index (χ0) is 16.3. The third-order valence-electron chi connectivity index (χ3n) is 4.67. The fraction of sp³-hybridized carbons (Fsp3) is 0.429. The fourth-order valence-electron chi connectivity index (χ4n) is 3.43. The zero-order valence-corrected chi connectivity index (χ0v) is 14.9. The number of likely N-dealkylation sites (N-methyl/N-ethyl adjacent to an activating group) is 1. The molecule has 3 rings (SSSR count). The lowest BCUT2D eigenvalue weighted by atomic mass is 9.81. The molecule has 2 aromatic carbocycles. The molecule has 22 heavy (non-hydrogen) atoms. The first-order chi connectivity index (χ1) is 10.5. The lowest BCUT2D eigenvalue weighted by Crippen LogP contribution is -2.22. The van der Waals surface area contributed by atoms with E-state index in [4.69, 9.17) is 0 Å². The van der Waals surface area contributed by atoms with Gasteiger partial charge in [-0.1, -0.05) is 76.9 Å². The molecule has 1 aliphatic rings. The first-order valence-electron chi connectivity index (χ1n) is 8.41. The van der Waals surface area contributed by atoms with E-state index in [1.807, 2.05) is 0 Å². The Kier molecular flexibility index (Phi) is 4.95. The van der Waals surface area contributed by atoms with Gasteiger partial charge in [-0.2, -0.15) is 0 Å². The first kappa shape index (κ1) is 16.6. The van der Waals surface area contributed by atoms with Crippen molar-refractivity contribution in [1.29, 1.82) is 0 Å². The summed E-state index contributed by atoms with van der Waals surface area (Å²) in [7, 11) is 2.16. The molecule has 1 heteroatoms. The van der Waals surface area contributed by atoms with Crippen LogP contribution < -0.4 is 4.90 Å². The van der Waals surface area contributed by atoms with Crippen LogP contribution in [0.25, 0.3) is 10.8 Å². The summed E-state index contributed by atoms with van der Waals surface area (Å²) >= 11 is 0. The third kappa shape index (κ3) is 2.65. The smallest absolute Gasteiger partial charge is 0.0454 e. The summed E-state index contributed by atoms with van der Waals surface area (Å²) in [5.41, 5.74) is 4.26. The maximum atomic E-state index is 2.32. The summed E-state index contributed by atoms with van der Waals surface area (Å²) in [6.07, 6.45) is 4.87. The molecule has 0 N–H and O–H groups in total. The van der Waals surface area contributed by atoms with Gasteiger partial charge in [0.05, 0.1) is 0 Å². The summed E-state index contributed by atoms with van der Waals surface area (Å²) in [5, 5.41) is 2.71. The highest BCUT2D eigenvalue weighted by molar-refractivity contribution is 5.94. The largest absolute Gasteiger partial charge is 0.347 e. The number of fused-ring (bicyclic) bond motifs is 3. The van der Waals surface area contributed by atoms with E-state index in [2.05, 4.69) is 89.0 Å². The van der Waals surface area contributed by atoms with E-state index in [9.17, 15) is 0 Å². The van der Waals surface area contributed by atoms with Gasteiger partial charge < -0.3 is 4.90 Å². The second kappa shape index (κ2) is 6.56. The molecule has 0 unspecified atom stereocenters. The van der Waals surface area contributed by atoms with Crippen LogP contribution in [0, 0.1) is 0 Å². The third-order valence-corrected chi connectivity index (χ3v) is 4.67. The minimum Gasteiger partial charge on any atom is -0.347 e. The number of allylic oxidation sites excluding steroid dienone is 2. The van der Waals surface area contributed by atoms with E-state index in [-0.39, 0.29) is 5.41 Å². The van der Waals surface area contributed by atoms with Crippen LogP contribution >= 0.6 is 0 Å². The van der Waals surface area contributed by atoms with Gasteiger partial charge >= 0.3 is 0 Å². The molecule has 0 bridgehead atoms. The lowest BCUT2D eigenvalue weighted by Gasteiger charge is -2.24. The van der Waals surface area contributed by atoms with Gasteiger partial charge in [0.1, 0.15) is 0 Å². The van der Waals surface area contributed by atoms with E-state index >= 15 is 0 Å². The Morgan fingerprint density at radius 1 is 1.00 bits per heavy atom. The van der Waals surface area contributed by atoms with Crippen molar-refractivity contribution in [2.75, 3.05) is 11.9 Å². The zero-order valence-electron chi connectivity index (χ0n) is 14.9. The maximum Gasteiger partial charge on any atom is 0.0454 e. The second-order valence-corrected chi connectivity index (χ2v) is 6.54. The monoisotopic (exact) mass is 295 g/mol. The molecule has 0 atom stereocenters. The molecule has 118 valence electrons. The van der Waals surface area contributed by atoms with Gasteiger partial charge in [-0.15, -0.1) is 0 Å². The maximum absolute atomic E-state index is 2.32. The quantitative estimate of drug-likeness (QED) is 0.598. The van der Waals surface area contributed by atoms with Crippen LogP contribution in [0.15, 0.2) is 48.2 Å². The molecule has 2 aromatic rings. The molecule has 1 aliphatic heterocycles. The first-order valence-corrected chi connectivity index (χ1v) is 8.41. The normalized spacial score (nSPS) is 17.4. The van der Waals surface area contributed by atoms with E-state index < -0.39 is 0 Å². The number of anilines is 1. The van der Waals surface area contributed by atoms with E-state index in [0.717, 1.165) is 0 Å². The Balaban J connectivity index is 0.000000396. The predicted molar refractivity (Wildman–Crippen MR) is 99.7 cm³/mol. The summed E-state index contributed by atoms with van der Waals surface area (Å²) in [6, 6.07) is 13.1. The van der Waals surface area contributed by atoms with Crippen LogP contribution in [-0.4, -0.2) is 7.05 Å². The number of hydrogen-bond donors (Lipinski definition) is 0. The SMILES string of the molecule is CC=C1N(C)c2ccc3ccccc3c2C1(C)C.CCCC. The predicted octanol–water partition coefficient (Wildman–Crippen LogP) is 6.28. The van der Waals surface area contributed by atoms with Gasteiger partial charge in [0, 0.05) is 23.8 Å². The number of unbranched alkanes of at least 4 members (excludes halogenated alkanes) is 1. The minimum absolute atomic E-state index is 0.0830. The van der Waals surface area contributed by atoms with Gasteiger partial charge in [0.25, 0.3) is 0 Å². The lowest BCUT2D eigenvalue weighted by molar-refractivity contribution is 0.643. The molecule has 0 spiro atoms. The molecule has 0 fully saturated rings. The molecule has 0 saturated heterocycles. The molecule has 0 radical (unpaired) electrons. The van der Waals surface area contributed by atoms with Crippen molar-refractivity contribution < 1.29 is 0 Å². The number of rotatable bonds is 1. The summed E-state index contributed by atoms with van der Waals surface area (Å²) in [4.78, 5) is 2.32. The molecule has 0 saturated carbocycles. The number of hydrogen-bond acceptors (Lipinski definition) is 1. The van der Waals surface area contributed by atoms with Crippen molar-refractivity contribution in [3.8, 4) is 0 Å². The standard InChI is InChI=1S/C17H19N.C4H10/c1-5-15-17(2,3)16-13-9-7-6-8-12(13)10-11-14(16)18(15)4;1-3-4-2/h5-11H,1-4H3;3-4H2,1-2H3. The average molecular weight is 295 g/mol. The Labute approximate surface area is 135 Å². The molecular weight excluding hydrogens is 266 g/mol. The molecule has 0 aliphatic carbocycles. The van der Waals surface area contributed by atoms with Crippen molar-refractivity contribution in [1.82, 2.24) is 0 Å². The van der Waals surface area contributed by atoms with Crippen molar-refractivity contribution in [2.45, 2.75) is 52.9 Å². The van der Waals surface area contributed by atoms with Crippen molar-refractivity contribution >= 4 is 16.5 Å². The molecule has 1 nitrogen and oxygen atoms in total. The van der Waals surface area contributed by atoms with Crippen LogP contribution in [0.5, 0.6) is 0 Å². The highest BCUT2D eigenvalue weighted by Gasteiger charge is 2.39. The van der Waals surface area contributed by atoms with Crippen LogP contribution in [0.3, 0.4) is 0 Å². The Morgan fingerprint density at radius 2 is 1.64 bits per heavy atom. The molecule has 1 heterocycles. The average Bonchev–Trinajstić information content (AvgIpc) is 2.73. The van der Waals surface area contributed by atoms with Crippen LogP contribution in [0.1, 0.15) is 53.0 Å². The van der Waals surface area contributed by atoms with Crippen molar-refractivity contribution in [3.63, 3.8) is 0 Å². The topological polar surface area (TPSA) is 3.24 Å². The van der Waals surface area contributed by atoms with Gasteiger partial charge in [0.2, 0.25) is 0 Å². The minimum atomic E-state index is 0.0830. The number of nitrogens with zero attached hydrogens (tertiary/aromatic N) is 1. The second-order valence-electron chi connectivity index (χ2n) is 6.54. The van der Waals surface area contributed by atoms with Gasteiger partial charge in [0.15, 0.2) is 0 Å². The summed E-state index contributed by atoms with van der Waals surface area (Å²) < 4.78 is 0. The Bertz CT molecular complexity index is 677. The van der Waals surface area contributed by atoms with Gasteiger partial charge in [-0.05, 0) is 29.3 Å². The van der Waals surface area contributed by atoms with Crippen molar-refractivity contribution in [3.05, 3.63) is 53.7 Å². The van der Waals surface area contributed by atoms with Crippen LogP contribution in [0.2, 0.25) is 0 Å². The molecule has 0 aromatic heterocycles. The van der Waals surface area contributed by atoms with Crippen LogP contribution in [-0.2, 0) is 5.41 Å². The van der Waals surface area contributed by atoms with Crippen LogP contribution in [0.4, 0.5) is 5.69 Å². The Hall–Kier alpha value is -1.76. The molecular formula is C21H29N. The Morgan fingerprint density at radius 3 is 2.23 bits per heavy atom. The van der Waals surface area contributed by atoms with Crippen molar-refractivity contribution in [2.24, 2.45) is 0 Å². The molecule has 0 amide bonds. The number of benzene rings is 2. The van der Waals surface area contributed by atoms with Gasteiger partial charge in [-0.25, -0.2) is 0 Å². The van der Waals surface area contributed by atoms with E-state index in [1.165, 1.54) is 40.6 Å². The summed E-state index contributed by atoms with van der Waals surface area (Å²) in [5.74, 6) is 0. The fourth-order valence-corrected chi connectivity index (χ4v) is 3.43. The van der Waals surface area contributed by atoms with E-state index in [0.29, 0.717) is 0 Å².